The second-order valence-corrected chi connectivity index (χ2v) is 7.21. The van der Waals surface area contributed by atoms with Gasteiger partial charge in [-0.2, -0.15) is 0 Å². The van der Waals surface area contributed by atoms with Crippen LogP contribution in [0.3, 0.4) is 0 Å². The van der Waals surface area contributed by atoms with Crippen molar-refractivity contribution >= 4 is 17.4 Å². The van der Waals surface area contributed by atoms with Crippen molar-refractivity contribution in [2.75, 3.05) is 13.1 Å². The lowest BCUT2D eigenvalue weighted by Crippen LogP contribution is -2.55. The molecule has 1 fully saturated rings. The number of aromatic nitrogens is 2. The number of imidazole rings is 1. The molecular formula is C17H21N3OS. The van der Waals surface area contributed by atoms with Gasteiger partial charge in [0, 0.05) is 36.9 Å². The Bertz CT molecular complexity index is 657. The van der Waals surface area contributed by atoms with Gasteiger partial charge in [-0.25, -0.2) is 4.98 Å². The third-order valence-corrected chi connectivity index (χ3v) is 5.47. The fourth-order valence-electron chi connectivity index (χ4n) is 3.25. The van der Waals surface area contributed by atoms with Crippen molar-refractivity contribution in [3.63, 3.8) is 0 Å². The molecule has 1 atom stereocenters. The van der Waals surface area contributed by atoms with Crippen molar-refractivity contribution in [3.05, 3.63) is 46.7 Å². The van der Waals surface area contributed by atoms with Crippen LogP contribution in [-0.2, 0) is 17.8 Å². The molecule has 0 bridgehead atoms. The molecule has 0 amide bonds. The summed E-state index contributed by atoms with van der Waals surface area (Å²) in [6.07, 6.45) is 9.53. The molecule has 2 aromatic heterocycles. The van der Waals surface area contributed by atoms with E-state index in [1.165, 1.54) is 4.88 Å². The third kappa shape index (κ3) is 2.64. The highest BCUT2D eigenvalue weighted by atomic mass is 32.1. The van der Waals surface area contributed by atoms with E-state index in [0.29, 0.717) is 6.10 Å². The van der Waals surface area contributed by atoms with E-state index in [-0.39, 0.29) is 5.60 Å². The number of hydrogen-bond donors (Lipinski definition) is 0. The molecule has 0 radical (unpaired) electrons. The molecule has 5 heteroatoms. The van der Waals surface area contributed by atoms with Crippen molar-refractivity contribution < 1.29 is 4.74 Å². The zero-order valence-corrected chi connectivity index (χ0v) is 13.6. The number of fused-ring (bicyclic) bond motifs is 1. The van der Waals surface area contributed by atoms with Crippen LogP contribution in [0.2, 0.25) is 0 Å². The molecule has 1 saturated heterocycles. The Hall–Kier alpha value is -1.43. The van der Waals surface area contributed by atoms with Crippen LogP contribution in [-0.4, -0.2) is 39.2 Å². The van der Waals surface area contributed by atoms with E-state index in [4.69, 9.17) is 4.74 Å². The molecule has 4 heterocycles. The summed E-state index contributed by atoms with van der Waals surface area (Å²) >= 11 is 1.83. The Morgan fingerprint density at radius 3 is 3.14 bits per heavy atom. The molecule has 0 spiro atoms. The fraction of sp³-hybridized carbons (Fsp3) is 0.471. The quantitative estimate of drug-likeness (QED) is 0.849. The molecule has 0 aromatic carbocycles. The minimum Gasteiger partial charge on any atom is -0.363 e. The van der Waals surface area contributed by atoms with Gasteiger partial charge in [0.05, 0.1) is 12.6 Å². The van der Waals surface area contributed by atoms with Gasteiger partial charge in [-0.3, -0.25) is 4.90 Å². The lowest BCUT2D eigenvalue weighted by Gasteiger charge is -2.44. The first-order valence-corrected chi connectivity index (χ1v) is 8.77. The van der Waals surface area contributed by atoms with Gasteiger partial charge < -0.3 is 9.30 Å². The van der Waals surface area contributed by atoms with Crippen LogP contribution in [0.4, 0.5) is 0 Å². The Morgan fingerprint density at radius 2 is 2.36 bits per heavy atom. The largest absolute Gasteiger partial charge is 0.363 e. The molecule has 0 aliphatic carbocycles. The SMILES string of the molecule is CCC1(OC2CN(Cc3cccs3)C2)C=Cc2nccn2C1. The molecule has 22 heavy (non-hydrogen) atoms. The predicted octanol–water partition coefficient (Wildman–Crippen LogP) is 3.02. The molecule has 2 aromatic rings. The molecule has 116 valence electrons. The van der Waals surface area contributed by atoms with Crippen LogP contribution < -0.4 is 0 Å². The first-order valence-electron chi connectivity index (χ1n) is 7.89. The summed E-state index contributed by atoms with van der Waals surface area (Å²) in [5, 5.41) is 2.14. The van der Waals surface area contributed by atoms with Gasteiger partial charge >= 0.3 is 0 Å². The first-order chi connectivity index (χ1) is 10.8. The molecule has 2 aliphatic rings. The van der Waals surface area contributed by atoms with Crippen LogP contribution in [0.5, 0.6) is 0 Å². The van der Waals surface area contributed by atoms with E-state index in [1.807, 2.05) is 23.7 Å². The summed E-state index contributed by atoms with van der Waals surface area (Å²) in [6.45, 7) is 6.19. The van der Waals surface area contributed by atoms with Crippen LogP contribution in [0.1, 0.15) is 24.0 Å². The molecular weight excluding hydrogens is 294 g/mol. The van der Waals surface area contributed by atoms with E-state index in [0.717, 1.165) is 38.4 Å². The van der Waals surface area contributed by atoms with Gasteiger partial charge in [0.2, 0.25) is 0 Å². The molecule has 1 unspecified atom stereocenters. The highest BCUT2D eigenvalue weighted by Crippen LogP contribution is 2.31. The second kappa shape index (κ2) is 5.65. The van der Waals surface area contributed by atoms with E-state index < -0.39 is 0 Å². The van der Waals surface area contributed by atoms with Gasteiger partial charge in [0.1, 0.15) is 11.4 Å². The average Bonchev–Trinajstić information content (AvgIpc) is 3.15. The Labute approximate surface area is 135 Å². The van der Waals surface area contributed by atoms with E-state index >= 15 is 0 Å². The summed E-state index contributed by atoms with van der Waals surface area (Å²) in [5.74, 6) is 1.03. The Kier molecular flexibility index (Phi) is 3.64. The number of nitrogens with zero attached hydrogens (tertiary/aromatic N) is 3. The van der Waals surface area contributed by atoms with Crippen molar-refractivity contribution in [1.82, 2.24) is 14.5 Å². The number of rotatable bonds is 5. The summed E-state index contributed by atoms with van der Waals surface area (Å²) in [6, 6.07) is 4.33. The number of ether oxygens (including phenoxy) is 1. The second-order valence-electron chi connectivity index (χ2n) is 6.18. The molecule has 0 saturated carbocycles. The first kappa shape index (κ1) is 14.2. The van der Waals surface area contributed by atoms with Crippen molar-refractivity contribution in [2.45, 2.75) is 38.1 Å². The molecule has 0 N–H and O–H groups in total. The van der Waals surface area contributed by atoms with Gasteiger partial charge in [-0.1, -0.05) is 13.0 Å². The van der Waals surface area contributed by atoms with Gasteiger partial charge in [-0.05, 0) is 30.0 Å². The summed E-state index contributed by atoms with van der Waals surface area (Å²) < 4.78 is 8.65. The number of thiophene rings is 1. The number of hydrogen-bond acceptors (Lipinski definition) is 4. The summed E-state index contributed by atoms with van der Waals surface area (Å²) in [5.41, 5.74) is -0.173. The normalized spacial score (nSPS) is 25.1. The lowest BCUT2D eigenvalue weighted by atomic mass is 9.96. The van der Waals surface area contributed by atoms with Gasteiger partial charge in [0.25, 0.3) is 0 Å². The highest BCUT2D eigenvalue weighted by Gasteiger charge is 2.37. The average molecular weight is 315 g/mol. The van der Waals surface area contributed by atoms with E-state index in [2.05, 4.69) is 51.0 Å². The zero-order valence-electron chi connectivity index (χ0n) is 12.8. The third-order valence-electron chi connectivity index (χ3n) is 4.60. The van der Waals surface area contributed by atoms with Crippen molar-refractivity contribution in [2.24, 2.45) is 0 Å². The van der Waals surface area contributed by atoms with Gasteiger partial charge in [0.15, 0.2) is 0 Å². The highest BCUT2D eigenvalue weighted by molar-refractivity contribution is 7.09. The topological polar surface area (TPSA) is 30.3 Å². The van der Waals surface area contributed by atoms with Crippen LogP contribution >= 0.6 is 11.3 Å². The Balaban J connectivity index is 1.35. The minimum atomic E-state index is -0.173. The Morgan fingerprint density at radius 1 is 1.45 bits per heavy atom. The molecule has 4 nitrogen and oxygen atoms in total. The maximum absolute atomic E-state index is 6.47. The molecule has 4 rings (SSSR count). The van der Waals surface area contributed by atoms with Gasteiger partial charge in [-0.15, -0.1) is 11.3 Å². The fourth-order valence-corrected chi connectivity index (χ4v) is 4.00. The van der Waals surface area contributed by atoms with Crippen LogP contribution in [0.15, 0.2) is 36.0 Å². The van der Waals surface area contributed by atoms with Crippen LogP contribution in [0.25, 0.3) is 6.08 Å². The summed E-state index contributed by atoms with van der Waals surface area (Å²) in [7, 11) is 0. The lowest BCUT2D eigenvalue weighted by molar-refractivity contribution is -0.135. The number of likely N-dealkylation sites (tertiary alicyclic amines) is 1. The van der Waals surface area contributed by atoms with Crippen LogP contribution in [0, 0.1) is 0 Å². The smallest absolute Gasteiger partial charge is 0.132 e. The zero-order chi connectivity index (χ0) is 15.0. The summed E-state index contributed by atoms with van der Waals surface area (Å²) in [4.78, 5) is 8.23. The maximum atomic E-state index is 6.47. The van der Waals surface area contributed by atoms with E-state index in [1.54, 1.807) is 0 Å². The molecule has 2 aliphatic heterocycles. The predicted molar refractivity (Wildman–Crippen MR) is 88.8 cm³/mol. The van der Waals surface area contributed by atoms with Crippen molar-refractivity contribution in [1.29, 1.82) is 0 Å². The monoisotopic (exact) mass is 315 g/mol. The standard InChI is InChI=1S/C17H21N3OS/c1-2-17(6-5-16-18-7-8-20(16)13-17)21-14-10-19(11-14)12-15-4-3-9-22-15/h3-9,14H,2,10-13H2,1H3. The van der Waals surface area contributed by atoms with E-state index in [9.17, 15) is 0 Å². The van der Waals surface area contributed by atoms with Crippen molar-refractivity contribution in [3.8, 4) is 0 Å². The minimum absolute atomic E-state index is 0.173. The maximum Gasteiger partial charge on any atom is 0.132 e.